The van der Waals surface area contributed by atoms with Crippen molar-refractivity contribution in [2.75, 3.05) is 0 Å². The Balaban J connectivity index is 1.45. The summed E-state index contributed by atoms with van der Waals surface area (Å²) in [7, 11) is 2.25. The lowest BCUT2D eigenvalue weighted by Crippen LogP contribution is -2.58. The van der Waals surface area contributed by atoms with E-state index in [1.165, 1.54) is 22.2 Å². The molecule has 1 radical (unpaired) electrons. The lowest BCUT2D eigenvalue weighted by molar-refractivity contribution is 0.455. The highest BCUT2D eigenvalue weighted by atomic mass is 16.5. The van der Waals surface area contributed by atoms with Crippen molar-refractivity contribution in [1.29, 1.82) is 0 Å². The van der Waals surface area contributed by atoms with Gasteiger partial charge in [0, 0.05) is 11.5 Å². The number of fused-ring (bicyclic) bond motifs is 6. The highest BCUT2D eigenvalue weighted by Crippen LogP contribution is 2.38. The largest absolute Gasteiger partial charge is 0.458 e. The molecule has 4 aromatic rings. The van der Waals surface area contributed by atoms with Crippen molar-refractivity contribution >= 4 is 41.3 Å². The zero-order valence-corrected chi connectivity index (χ0v) is 21.6. The van der Waals surface area contributed by atoms with Crippen molar-refractivity contribution in [3.8, 4) is 34.5 Å². The van der Waals surface area contributed by atoms with Gasteiger partial charge in [0.05, 0.1) is 0 Å². The smallest absolute Gasteiger partial charge is 0.260 e. The van der Waals surface area contributed by atoms with E-state index in [1.54, 1.807) is 0 Å². The molecule has 0 aromatic heterocycles. The Kier molecular flexibility index (Phi) is 4.35. The normalized spacial score (nSPS) is 14.1. The van der Waals surface area contributed by atoms with Crippen molar-refractivity contribution in [3.05, 3.63) is 76.9 Å². The monoisotopic (exact) mass is 469 g/mol. The van der Waals surface area contributed by atoms with E-state index >= 15 is 0 Å². The van der Waals surface area contributed by atoms with Crippen LogP contribution in [0.2, 0.25) is 0 Å². The van der Waals surface area contributed by atoms with Crippen molar-refractivity contribution in [3.63, 3.8) is 0 Å². The molecule has 4 aromatic carbocycles. The maximum atomic E-state index is 6.55. The van der Waals surface area contributed by atoms with Gasteiger partial charge in [-0.25, -0.2) is 0 Å². The number of ether oxygens (including phenoxy) is 3. The Bertz CT molecular complexity index is 1610. The van der Waals surface area contributed by atoms with E-state index in [4.69, 9.17) is 14.2 Å². The highest BCUT2D eigenvalue weighted by molar-refractivity contribution is 6.98. The number of aryl methyl sites for hydroxylation is 3. The van der Waals surface area contributed by atoms with Crippen molar-refractivity contribution in [2.24, 2.45) is 0 Å². The zero-order valence-electron chi connectivity index (χ0n) is 21.6. The number of benzene rings is 4. The van der Waals surface area contributed by atoms with E-state index in [9.17, 15) is 0 Å². The van der Waals surface area contributed by atoms with Gasteiger partial charge >= 0.3 is 0 Å². The summed E-state index contributed by atoms with van der Waals surface area (Å²) in [6.45, 7) is 13.1. The molecule has 7 rings (SSSR count). The summed E-state index contributed by atoms with van der Waals surface area (Å²) in [5.41, 5.74) is 10.5. The minimum Gasteiger partial charge on any atom is -0.458 e. The maximum Gasteiger partial charge on any atom is 0.260 e. The number of rotatable bonds is 0. The Labute approximate surface area is 213 Å². The quantitative estimate of drug-likeness (QED) is 0.309. The van der Waals surface area contributed by atoms with E-state index in [0.29, 0.717) is 0 Å². The van der Waals surface area contributed by atoms with Crippen molar-refractivity contribution in [2.45, 2.75) is 47.0 Å². The second-order valence-corrected chi connectivity index (χ2v) is 11.5. The molecule has 0 aliphatic carbocycles. The van der Waals surface area contributed by atoms with Crippen LogP contribution in [0.25, 0.3) is 0 Å². The van der Waals surface area contributed by atoms with E-state index in [2.05, 4.69) is 103 Å². The lowest BCUT2D eigenvalue weighted by Gasteiger charge is -2.35. The first kappa shape index (κ1) is 21.7. The fraction of sp³-hybridized carbons (Fsp3) is 0.226. The number of hydrogen-bond acceptors (Lipinski definition) is 3. The summed E-state index contributed by atoms with van der Waals surface area (Å²) in [4.78, 5) is 0. The van der Waals surface area contributed by atoms with Crippen LogP contribution in [0.5, 0.6) is 34.5 Å². The summed E-state index contributed by atoms with van der Waals surface area (Å²) in [5.74, 6) is 5.24. The maximum absolute atomic E-state index is 6.55. The fourth-order valence-corrected chi connectivity index (χ4v) is 5.83. The minimum atomic E-state index is 0.0320. The van der Waals surface area contributed by atoms with Crippen molar-refractivity contribution < 1.29 is 14.2 Å². The third kappa shape index (κ3) is 3.15. The Morgan fingerprint density at radius 2 is 1.28 bits per heavy atom. The minimum absolute atomic E-state index is 0.0320. The SMILES string of the molecule is Cc1cc(C)c2c(c1)Oc1cc3c(cc1[B]2)B1c2cc(C(C)(C)C)ccc2Oc2cc(C)cc(c21)O3. The molecule has 3 nitrogen and oxygen atoms in total. The van der Waals surface area contributed by atoms with Gasteiger partial charge in [0.25, 0.3) is 6.71 Å². The van der Waals surface area contributed by atoms with Gasteiger partial charge in [-0.05, 0) is 89.0 Å². The van der Waals surface area contributed by atoms with Crippen LogP contribution in [0.4, 0.5) is 0 Å². The summed E-state index contributed by atoms with van der Waals surface area (Å²) in [6, 6.07) is 19.5. The topological polar surface area (TPSA) is 27.7 Å². The third-order valence-electron chi connectivity index (χ3n) is 7.63. The van der Waals surface area contributed by atoms with Gasteiger partial charge in [0.15, 0.2) is 0 Å². The van der Waals surface area contributed by atoms with Crippen LogP contribution in [0.15, 0.2) is 54.6 Å². The lowest BCUT2D eigenvalue weighted by atomic mass is 9.34. The van der Waals surface area contributed by atoms with E-state index in [-0.39, 0.29) is 12.1 Å². The van der Waals surface area contributed by atoms with Gasteiger partial charge in [-0.3, -0.25) is 0 Å². The van der Waals surface area contributed by atoms with Gasteiger partial charge < -0.3 is 14.2 Å². The molecule has 0 unspecified atom stereocenters. The first-order valence-electron chi connectivity index (χ1n) is 12.6. The predicted molar refractivity (Wildman–Crippen MR) is 149 cm³/mol. The van der Waals surface area contributed by atoms with E-state index in [1.807, 2.05) is 0 Å². The molecule has 0 saturated heterocycles. The third-order valence-corrected chi connectivity index (χ3v) is 7.63. The molecule has 5 heteroatoms. The molecular formula is C31H27B2O3. The summed E-state index contributed by atoms with van der Waals surface area (Å²) in [5, 5.41) is 0. The van der Waals surface area contributed by atoms with Gasteiger partial charge in [0.1, 0.15) is 34.5 Å². The predicted octanol–water partition coefficient (Wildman–Crippen LogP) is 4.40. The van der Waals surface area contributed by atoms with Gasteiger partial charge in [-0.15, -0.1) is 0 Å². The van der Waals surface area contributed by atoms with Gasteiger partial charge in [-0.1, -0.05) is 50.6 Å². The Morgan fingerprint density at radius 1 is 0.639 bits per heavy atom. The Hall–Kier alpha value is -3.59. The molecule has 0 atom stereocenters. The Morgan fingerprint density at radius 3 is 2.03 bits per heavy atom. The molecule has 0 fully saturated rings. The average Bonchev–Trinajstić information content (AvgIpc) is 2.80. The average molecular weight is 469 g/mol. The first-order valence-corrected chi connectivity index (χ1v) is 12.6. The fourth-order valence-electron chi connectivity index (χ4n) is 5.83. The molecule has 175 valence electrons. The molecule has 0 bridgehead atoms. The molecule has 0 amide bonds. The summed E-state index contributed by atoms with van der Waals surface area (Å²) >= 11 is 0. The molecular weight excluding hydrogens is 442 g/mol. The van der Waals surface area contributed by atoms with Gasteiger partial charge in [0.2, 0.25) is 7.28 Å². The van der Waals surface area contributed by atoms with E-state index in [0.717, 1.165) is 61.9 Å². The molecule has 3 aliphatic rings. The van der Waals surface area contributed by atoms with Crippen molar-refractivity contribution in [1.82, 2.24) is 0 Å². The molecule has 0 spiro atoms. The molecule has 3 heterocycles. The molecule has 0 saturated carbocycles. The van der Waals surface area contributed by atoms with Crippen LogP contribution in [0.1, 0.15) is 43.0 Å². The first-order chi connectivity index (χ1) is 17.2. The van der Waals surface area contributed by atoms with Crippen LogP contribution in [0, 0.1) is 20.8 Å². The summed E-state index contributed by atoms with van der Waals surface area (Å²) in [6.07, 6.45) is 0. The molecule has 36 heavy (non-hydrogen) atoms. The number of hydrogen-bond donors (Lipinski definition) is 0. The van der Waals surface area contributed by atoms with E-state index < -0.39 is 0 Å². The van der Waals surface area contributed by atoms with Gasteiger partial charge in [-0.2, -0.15) is 0 Å². The molecule has 0 N–H and O–H groups in total. The second-order valence-electron chi connectivity index (χ2n) is 11.5. The second kappa shape index (κ2) is 7.22. The van der Waals surface area contributed by atoms with Crippen LogP contribution in [-0.2, 0) is 5.41 Å². The van der Waals surface area contributed by atoms with Crippen LogP contribution in [0.3, 0.4) is 0 Å². The van der Waals surface area contributed by atoms with Crippen LogP contribution < -0.4 is 41.5 Å². The zero-order chi connectivity index (χ0) is 24.9. The van der Waals surface area contributed by atoms with Crippen LogP contribution >= 0.6 is 0 Å². The summed E-state index contributed by atoms with van der Waals surface area (Å²) < 4.78 is 19.4. The standard InChI is InChI=1S/C31H27B2O3/c1-16-9-18(3)29-26(10-16)35-24-15-25-22(14-20(24)32-29)33-21-13-19(31(4,5)6)7-8-23(21)34-27-11-17(2)12-28(36-25)30(27)33/h7-15H,1-6H3. The van der Waals surface area contributed by atoms with Crippen LogP contribution in [-0.4, -0.2) is 14.0 Å². The highest BCUT2D eigenvalue weighted by Gasteiger charge is 2.41. The molecule has 3 aliphatic heterocycles.